The van der Waals surface area contributed by atoms with Gasteiger partial charge < -0.3 is 25.0 Å². The highest BCUT2D eigenvalue weighted by atomic mass is 35.5. The summed E-state index contributed by atoms with van der Waals surface area (Å²) >= 11 is 6.44. The summed E-state index contributed by atoms with van der Waals surface area (Å²) in [6.07, 6.45) is 2.77. The lowest BCUT2D eigenvalue weighted by Crippen LogP contribution is -2.51. The number of nitrogens with one attached hydrogen (secondary N) is 2. The van der Waals surface area contributed by atoms with Crippen LogP contribution < -0.4 is 10.6 Å². The number of carbonyl (C=O) groups is 3. The summed E-state index contributed by atoms with van der Waals surface area (Å²) in [6, 6.07) is 4.42. The number of aromatic nitrogens is 4. The van der Waals surface area contributed by atoms with Crippen molar-refractivity contribution >= 4 is 35.0 Å². The Morgan fingerprint density at radius 3 is 2.45 bits per heavy atom. The number of amides is 3. The van der Waals surface area contributed by atoms with E-state index in [1.165, 1.54) is 29.8 Å². The van der Waals surface area contributed by atoms with Gasteiger partial charge in [0, 0.05) is 51.0 Å². The highest BCUT2D eigenvalue weighted by molar-refractivity contribution is 6.34. The third-order valence-electron chi connectivity index (χ3n) is 8.46. The smallest absolute Gasteiger partial charge is 0.339 e. The normalized spacial score (nSPS) is 21.1. The van der Waals surface area contributed by atoms with Crippen LogP contribution in [0.2, 0.25) is 5.02 Å². The third-order valence-corrected chi connectivity index (χ3v) is 8.78. The minimum atomic E-state index is -4.75. The van der Waals surface area contributed by atoms with Gasteiger partial charge in [-0.25, -0.2) is 4.98 Å². The maximum atomic E-state index is 13.6. The van der Waals surface area contributed by atoms with E-state index >= 15 is 0 Å². The predicted molar refractivity (Wildman–Crippen MR) is 153 cm³/mol. The van der Waals surface area contributed by atoms with Gasteiger partial charge in [0.1, 0.15) is 6.54 Å². The van der Waals surface area contributed by atoms with Crippen LogP contribution in [-0.2, 0) is 24.6 Å². The second kappa shape index (κ2) is 11.3. The van der Waals surface area contributed by atoms with E-state index in [0.29, 0.717) is 38.0 Å². The van der Waals surface area contributed by atoms with E-state index in [2.05, 4.69) is 26.6 Å². The number of piperidine rings is 1. The quantitative estimate of drug-likeness (QED) is 0.406. The van der Waals surface area contributed by atoms with Crippen LogP contribution in [0.15, 0.2) is 30.6 Å². The van der Waals surface area contributed by atoms with Gasteiger partial charge in [-0.05, 0) is 43.1 Å². The fourth-order valence-corrected chi connectivity index (χ4v) is 6.37. The number of terminal acetylenes is 1. The minimum Gasteiger partial charge on any atom is -0.339 e. The Labute approximate surface area is 255 Å². The van der Waals surface area contributed by atoms with Crippen LogP contribution >= 0.6 is 11.6 Å². The Hall–Kier alpha value is -4.35. The van der Waals surface area contributed by atoms with Gasteiger partial charge in [-0.3, -0.25) is 19.1 Å². The van der Waals surface area contributed by atoms with Gasteiger partial charge in [0.05, 0.1) is 28.0 Å². The van der Waals surface area contributed by atoms with Crippen LogP contribution in [-0.4, -0.2) is 86.1 Å². The average Bonchev–Trinajstić information content (AvgIpc) is 3.36. The van der Waals surface area contributed by atoms with Gasteiger partial charge >= 0.3 is 6.18 Å². The number of imidazole rings is 1. The highest BCUT2D eigenvalue weighted by Gasteiger charge is 2.58. The molecule has 3 aliphatic rings. The largest absolute Gasteiger partial charge is 0.435 e. The van der Waals surface area contributed by atoms with E-state index in [1.54, 1.807) is 4.90 Å². The Balaban J connectivity index is 1.10. The number of hydrogen-bond donors (Lipinski definition) is 2. The van der Waals surface area contributed by atoms with Crippen molar-refractivity contribution in [2.45, 2.75) is 12.7 Å². The third kappa shape index (κ3) is 5.41. The molecule has 3 fully saturated rings. The number of fused-ring (bicyclic) bond motifs is 1. The molecule has 230 valence electrons. The zero-order valence-corrected chi connectivity index (χ0v) is 24.3. The van der Waals surface area contributed by atoms with Crippen LogP contribution in [0.25, 0.3) is 11.3 Å². The lowest BCUT2D eigenvalue weighted by molar-refractivity contribution is -0.141. The molecule has 3 amide bonds. The second-order valence-corrected chi connectivity index (χ2v) is 11.5. The summed E-state index contributed by atoms with van der Waals surface area (Å²) in [6.45, 7) is 3.31. The van der Waals surface area contributed by atoms with Crippen LogP contribution in [0.1, 0.15) is 26.7 Å². The molecule has 0 bridgehead atoms. The Bertz CT molecular complexity index is 1680. The predicted octanol–water partition coefficient (Wildman–Crippen LogP) is 2.59. The highest BCUT2D eigenvalue weighted by Crippen LogP contribution is 2.49. The summed E-state index contributed by atoms with van der Waals surface area (Å²) in [7, 11) is 1.41. The van der Waals surface area contributed by atoms with E-state index in [0.717, 1.165) is 30.2 Å². The van der Waals surface area contributed by atoms with Crippen molar-refractivity contribution in [3.63, 3.8) is 0 Å². The first kappa shape index (κ1) is 29.7. The van der Waals surface area contributed by atoms with Crippen LogP contribution in [0.3, 0.4) is 0 Å². The monoisotopic (exact) mass is 628 g/mol. The average molecular weight is 629 g/mol. The first-order chi connectivity index (χ1) is 21.0. The molecule has 6 rings (SSSR count). The first-order valence-corrected chi connectivity index (χ1v) is 14.4. The van der Waals surface area contributed by atoms with E-state index in [4.69, 9.17) is 18.0 Å². The van der Waals surface area contributed by atoms with Gasteiger partial charge in [-0.15, -0.1) is 6.42 Å². The van der Waals surface area contributed by atoms with Gasteiger partial charge in [-0.2, -0.15) is 18.3 Å². The lowest BCUT2D eigenvalue weighted by atomic mass is 10.1. The van der Waals surface area contributed by atoms with Crippen molar-refractivity contribution in [2.75, 3.05) is 44.6 Å². The Morgan fingerprint density at radius 1 is 1.14 bits per heavy atom. The fraction of sp³-hybridized carbons (Fsp3) is 0.414. The topological polar surface area (TPSA) is 117 Å². The minimum absolute atomic E-state index is 0.0171. The van der Waals surface area contributed by atoms with Gasteiger partial charge in [0.15, 0.2) is 11.5 Å². The summed E-state index contributed by atoms with van der Waals surface area (Å²) in [4.78, 5) is 46.6. The molecule has 0 unspecified atom stereocenters. The molecule has 1 aliphatic carbocycles. The number of anilines is 1. The van der Waals surface area contributed by atoms with Gasteiger partial charge in [-0.1, -0.05) is 17.5 Å². The number of halogens is 4. The van der Waals surface area contributed by atoms with E-state index in [1.807, 2.05) is 4.90 Å². The SMILES string of the molecule is C#CCn1cc(-c2cnc(C(=O)Nc3ccc(C(=O)N4CCN(C(=O)[C@H]5[C@@H]6CNC[C@@H]65)CC4)c(Cl)c3)n2C)c(C(F)(F)F)n1. The molecule has 4 heterocycles. The van der Waals surface area contributed by atoms with Crippen molar-refractivity contribution in [2.24, 2.45) is 24.8 Å². The van der Waals surface area contributed by atoms with Gasteiger partial charge in [0.2, 0.25) is 5.91 Å². The molecular weight excluding hydrogens is 601 g/mol. The molecule has 0 spiro atoms. The number of rotatable bonds is 6. The second-order valence-electron chi connectivity index (χ2n) is 11.1. The zero-order valence-electron chi connectivity index (χ0n) is 23.6. The fourth-order valence-electron chi connectivity index (χ4n) is 6.11. The van der Waals surface area contributed by atoms with Crippen molar-refractivity contribution in [1.82, 2.24) is 34.4 Å². The number of hydrogen-bond acceptors (Lipinski definition) is 6. The van der Waals surface area contributed by atoms with Crippen LogP contribution in [0.4, 0.5) is 18.9 Å². The van der Waals surface area contributed by atoms with Crippen molar-refractivity contribution in [3.8, 4) is 23.6 Å². The van der Waals surface area contributed by atoms with Crippen LogP contribution in [0.5, 0.6) is 0 Å². The Morgan fingerprint density at radius 2 is 1.82 bits per heavy atom. The van der Waals surface area contributed by atoms with Crippen molar-refractivity contribution in [3.05, 3.63) is 52.7 Å². The molecule has 2 N–H and O–H groups in total. The number of alkyl halides is 3. The van der Waals surface area contributed by atoms with Crippen molar-refractivity contribution in [1.29, 1.82) is 0 Å². The molecule has 44 heavy (non-hydrogen) atoms. The summed E-state index contributed by atoms with van der Waals surface area (Å²) in [5.74, 6) is 2.24. The molecule has 3 aromatic rings. The molecule has 2 aromatic heterocycles. The first-order valence-electron chi connectivity index (χ1n) is 14.0. The van der Waals surface area contributed by atoms with E-state index in [-0.39, 0.29) is 57.6 Å². The van der Waals surface area contributed by atoms with Gasteiger partial charge in [0.25, 0.3) is 11.8 Å². The molecule has 1 aromatic carbocycles. The molecule has 3 atom stereocenters. The summed E-state index contributed by atoms with van der Waals surface area (Å²) in [5, 5.41) is 9.58. The lowest BCUT2D eigenvalue weighted by Gasteiger charge is -2.35. The molecule has 2 aliphatic heterocycles. The molecule has 11 nitrogen and oxygen atoms in total. The van der Waals surface area contributed by atoms with E-state index in [9.17, 15) is 27.6 Å². The maximum Gasteiger partial charge on any atom is 0.435 e. The zero-order chi connectivity index (χ0) is 31.3. The molecule has 15 heteroatoms. The molecule has 0 radical (unpaired) electrons. The molecular formula is C29H28ClF3N8O3. The number of carbonyl (C=O) groups excluding carboxylic acids is 3. The van der Waals surface area contributed by atoms with Crippen LogP contribution in [0, 0.1) is 30.1 Å². The van der Waals surface area contributed by atoms with Crippen molar-refractivity contribution < 1.29 is 27.6 Å². The maximum absolute atomic E-state index is 13.6. The van der Waals surface area contributed by atoms with E-state index < -0.39 is 17.8 Å². The number of piperazine rings is 1. The number of nitrogens with zero attached hydrogens (tertiary/aromatic N) is 6. The standard InChI is InChI=1S/C29H28ClF3N8O3/c1-3-6-41-15-20(24(37-41)29(31,32)33)22-14-35-25(38(22)2)26(42)36-16-4-5-17(21(30)11-16)27(43)39-7-9-40(10-8-39)28(44)23-18-12-34-13-19(18)23/h1,4-5,11,14-15,18-19,23,34H,6-10,12-13H2,2H3,(H,36,42)/t18-,19+,23+. The Kier molecular flexibility index (Phi) is 7.63. The number of benzene rings is 1. The molecule has 1 saturated carbocycles. The molecule has 2 saturated heterocycles. The summed E-state index contributed by atoms with van der Waals surface area (Å²) in [5.41, 5.74) is -0.895. The summed E-state index contributed by atoms with van der Waals surface area (Å²) < 4.78 is 43.1.